The van der Waals surface area contributed by atoms with Gasteiger partial charge in [0.1, 0.15) is 0 Å². The monoisotopic (exact) mass is 1730 g/mol. The summed E-state index contributed by atoms with van der Waals surface area (Å²) in [6.45, 7) is 27.2. The Bertz CT molecular complexity index is 1640. The van der Waals surface area contributed by atoms with Crippen molar-refractivity contribution in [2.24, 2.45) is 0 Å². The summed E-state index contributed by atoms with van der Waals surface area (Å²) in [4.78, 5) is 0. The number of hydrogen-bond donors (Lipinski definition) is 2. The minimum absolute atomic E-state index is 0. The van der Waals surface area contributed by atoms with Crippen LogP contribution in [0.15, 0.2) is 60.9 Å². The van der Waals surface area contributed by atoms with Gasteiger partial charge in [-0.1, -0.05) is 71.0 Å². The van der Waals surface area contributed by atoms with Gasteiger partial charge in [0.25, 0.3) is 0 Å². The van der Waals surface area contributed by atoms with E-state index < -0.39 is 0 Å². The molecule has 2 N–H and O–H groups in total. The van der Waals surface area contributed by atoms with Crippen molar-refractivity contribution in [3.05, 3.63) is 141 Å². The molecule has 8 heterocycles. The van der Waals surface area contributed by atoms with Crippen molar-refractivity contribution in [3.63, 3.8) is 0 Å². The summed E-state index contributed by atoms with van der Waals surface area (Å²) >= 11 is 0. The summed E-state index contributed by atoms with van der Waals surface area (Å²) in [5, 5.41) is 58.0. The molecule has 351 valence electrons. The van der Waals surface area contributed by atoms with Gasteiger partial charge in [-0.2, -0.15) is 16.4 Å². The Balaban J connectivity index is -0.000000137. The minimum Gasteiger partial charge on any atom is -0.582 e. The summed E-state index contributed by atoms with van der Waals surface area (Å²) in [5.41, 5.74) is 14.3. The molecular weight excluding hydrogens is 1680 g/mol. The molecule has 16 nitrogen and oxygen atoms in total. The fourth-order valence-corrected chi connectivity index (χ4v) is 3.78. The molecule has 8 aromatic heterocycles. The van der Waals surface area contributed by atoms with Crippen LogP contribution in [0.25, 0.3) is 0 Å². The molecule has 8 aromatic rings. The molecule has 22 heteroatoms. The van der Waals surface area contributed by atoms with E-state index in [0.29, 0.717) is 0 Å². The number of H-pyrrole nitrogens is 2. The van der Waals surface area contributed by atoms with Crippen LogP contribution in [0.2, 0.25) is 0 Å². The van der Waals surface area contributed by atoms with Crippen LogP contribution in [0.4, 0.5) is 0 Å². The van der Waals surface area contributed by atoms with Crippen molar-refractivity contribution in [1.29, 1.82) is 0 Å². The molecule has 0 amide bonds. The van der Waals surface area contributed by atoms with E-state index in [-0.39, 0.29) is 132 Å². The Hall–Kier alpha value is -1.98. The van der Waals surface area contributed by atoms with Crippen LogP contribution in [-0.2, 0) is 132 Å². The third-order valence-corrected chi connectivity index (χ3v) is 6.00. The fraction of sp³-hybridized carbons (Fsp3) is 0.368. The van der Waals surface area contributed by atoms with E-state index in [1.807, 2.05) is 145 Å². The van der Waals surface area contributed by atoms with Gasteiger partial charge in [0, 0.05) is 113 Å². The number of aryl methyl sites for hydroxylation is 14. The summed E-state index contributed by atoms with van der Waals surface area (Å²) in [6, 6.07) is 15.5. The quantitative estimate of drug-likeness (QED) is 0.183. The number of rotatable bonds is 0. The smallest absolute Gasteiger partial charge is 0.582 e. The van der Waals surface area contributed by atoms with E-state index in [1.54, 1.807) is 12.4 Å². The van der Waals surface area contributed by atoms with Gasteiger partial charge in [-0.05, 0) is 74.4 Å². The van der Waals surface area contributed by atoms with Gasteiger partial charge in [0.15, 0.2) is 0 Å². The maximum Gasteiger partial charge on any atom is 2.00 e. The molecular formula is C38H54Ag2Au2N16Pt2-. The van der Waals surface area contributed by atoms with Crippen molar-refractivity contribution in [2.45, 2.75) is 96.9 Å². The third kappa shape index (κ3) is 38.9. The largest absolute Gasteiger partial charge is 2.00 e. The van der Waals surface area contributed by atoms with E-state index in [9.17, 15) is 0 Å². The molecule has 60 heavy (non-hydrogen) atoms. The second-order valence-corrected chi connectivity index (χ2v) is 12.2. The van der Waals surface area contributed by atoms with Gasteiger partial charge < -0.3 is 61.2 Å². The Morgan fingerprint density at radius 3 is 0.800 bits per heavy atom. The number of aromatic amines is 2. The van der Waals surface area contributed by atoms with Crippen molar-refractivity contribution in [3.8, 4) is 0 Å². The maximum atomic E-state index is 3.89. The van der Waals surface area contributed by atoms with Crippen LogP contribution in [0.3, 0.4) is 0 Å². The molecule has 0 aliphatic rings. The van der Waals surface area contributed by atoms with Gasteiger partial charge >= 0.3 is 64.5 Å². The first-order valence-corrected chi connectivity index (χ1v) is 17.1. The van der Waals surface area contributed by atoms with Crippen molar-refractivity contribution in [2.75, 3.05) is 0 Å². The standard InChI is InChI=1S/2C5H8N2.4C5H7N2.2C4H5N2.2Ag.2Au.2Pt/c6*1-4-3-5(2)7-6-4;2*1-4-2-3-5-6-4;;;;;;/h2*3H,1-2H3,(H,6,7);4*3H,1-2H3;2*2-3H,1H3;;;;;;/q;;6*-1;;+1;;;2*+2. The minimum atomic E-state index is 0. The van der Waals surface area contributed by atoms with E-state index >= 15 is 0 Å². The SMILES string of the molecule is Cc1cc(C)[n-]n1.Cc1cc(C)[n-]n1.Cc1cc(C)[n-]n1.Cc1cc(C)[n-]n1.Cc1cc(C)[nH]n1.Cc1cc(C)[nH]n1.Cc1cc[n-]n1.Cc1ccn[n-]1.[Ag+].[Ag].[Au].[Au].[Pt+2].[Pt+2]. The van der Waals surface area contributed by atoms with E-state index in [0.717, 1.165) is 79.7 Å². The molecule has 0 fully saturated rings. The summed E-state index contributed by atoms with van der Waals surface area (Å²) in [5.74, 6) is 0. The van der Waals surface area contributed by atoms with Crippen molar-refractivity contribution < 1.29 is 132 Å². The van der Waals surface area contributed by atoms with Crippen LogP contribution in [0.1, 0.15) is 79.7 Å². The topological polar surface area (TPSA) is 219 Å². The van der Waals surface area contributed by atoms with Gasteiger partial charge in [-0.25, -0.2) is 0 Å². The molecule has 0 spiro atoms. The first-order chi connectivity index (χ1) is 25.5. The number of nitrogens with one attached hydrogen (secondary N) is 2. The molecule has 0 unspecified atom stereocenters. The second-order valence-electron chi connectivity index (χ2n) is 12.2. The molecule has 0 saturated carbocycles. The summed E-state index contributed by atoms with van der Waals surface area (Å²) in [6.07, 6.45) is 3.35. The molecule has 0 bridgehead atoms. The molecule has 0 aromatic carbocycles. The first kappa shape index (κ1) is 69.7. The number of nitrogens with zero attached hydrogens (tertiary/aromatic N) is 14. The molecule has 0 atom stereocenters. The van der Waals surface area contributed by atoms with Gasteiger partial charge in [0.05, 0.1) is 11.4 Å². The van der Waals surface area contributed by atoms with Crippen LogP contribution >= 0.6 is 0 Å². The molecule has 0 saturated heterocycles. The number of hydrogen-bond acceptors (Lipinski definition) is 8. The van der Waals surface area contributed by atoms with Crippen LogP contribution in [-0.4, -0.2) is 51.0 Å². The predicted octanol–water partition coefficient (Wildman–Crippen LogP) is 5.36. The zero-order valence-electron chi connectivity index (χ0n) is 35.9. The summed E-state index contributed by atoms with van der Waals surface area (Å²) in [7, 11) is 0. The Kier molecular flexibility index (Phi) is 47.7. The first-order valence-electron chi connectivity index (χ1n) is 17.1. The van der Waals surface area contributed by atoms with E-state index in [4.69, 9.17) is 0 Å². The average molecular weight is 1730 g/mol. The van der Waals surface area contributed by atoms with Crippen LogP contribution in [0, 0.1) is 96.9 Å². The van der Waals surface area contributed by atoms with E-state index in [2.05, 4.69) is 81.6 Å². The van der Waals surface area contributed by atoms with Crippen LogP contribution in [0.5, 0.6) is 0 Å². The zero-order valence-corrected chi connectivity index (χ0v) is 47.7. The Morgan fingerprint density at radius 1 is 0.400 bits per heavy atom. The van der Waals surface area contributed by atoms with Gasteiger partial charge in [-0.3, -0.25) is 10.2 Å². The van der Waals surface area contributed by atoms with Gasteiger partial charge in [-0.15, -0.1) is 28.5 Å². The third-order valence-electron chi connectivity index (χ3n) is 6.00. The Labute approximate surface area is 445 Å². The van der Waals surface area contributed by atoms with Crippen molar-refractivity contribution >= 4 is 0 Å². The maximum absolute atomic E-state index is 3.89. The predicted molar refractivity (Wildman–Crippen MR) is 209 cm³/mol. The zero-order chi connectivity index (χ0) is 40.5. The molecule has 0 aliphatic heterocycles. The number of aromatic nitrogens is 16. The van der Waals surface area contributed by atoms with E-state index in [1.165, 1.54) is 0 Å². The molecule has 0 aliphatic carbocycles. The molecule has 8 rings (SSSR count). The Morgan fingerprint density at radius 2 is 0.733 bits per heavy atom. The van der Waals surface area contributed by atoms with Gasteiger partial charge in [0.2, 0.25) is 0 Å². The fourth-order valence-electron chi connectivity index (χ4n) is 3.78. The second kappa shape index (κ2) is 41.1. The normalized spacial score (nSPS) is 8.37. The van der Waals surface area contributed by atoms with Crippen molar-refractivity contribution in [1.82, 2.24) is 81.6 Å². The molecule has 3 radical (unpaired) electrons. The average Bonchev–Trinajstić information content (AvgIpc) is 3.95. The van der Waals surface area contributed by atoms with Crippen LogP contribution < -0.4 is 30.6 Å². The summed E-state index contributed by atoms with van der Waals surface area (Å²) < 4.78 is 0.